The number of hydrogen-bond donors (Lipinski definition) is 3. The molecular formula is C35H52N7O4Si. The van der Waals surface area contributed by atoms with Crippen molar-refractivity contribution in [2.45, 2.75) is 95.7 Å². The van der Waals surface area contributed by atoms with Crippen LogP contribution in [-0.4, -0.2) is 91.1 Å². The maximum absolute atomic E-state index is 14.0. The smallest absolute Gasteiger partial charge is 0.284 e. The van der Waals surface area contributed by atoms with Crippen molar-refractivity contribution in [2.75, 3.05) is 38.5 Å². The minimum atomic E-state index is -2.00. The van der Waals surface area contributed by atoms with Gasteiger partial charge in [0.15, 0.2) is 0 Å². The van der Waals surface area contributed by atoms with Gasteiger partial charge in [-0.25, -0.2) is 0 Å². The van der Waals surface area contributed by atoms with Crippen LogP contribution in [0.25, 0.3) is 0 Å². The quantitative estimate of drug-likeness (QED) is 0.163. The molecule has 11 nitrogen and oxygen atoms in total. The summed E-state index contributed by atoms with van der Waals surface area (Å²) >= 11 is 0. The summed E-state index contributed by atoms with van der Waals surface area (Å²) in [5, 5.41) is 10.4. The molecule has 1 aliphatic carbocycles. The Bertz CT molecular complexity index is 1380. The summed E-state index contributed by atoms with van der Waals surface area (Å²) in [6.07, 6.45) is 10.4. The average molecular weight is 663 g/mol. The maximum Gasteiger partial charge on any atom is 0.284 e. The van der Waals surface area contributed by atoms with E-state index in [1.165, 1.54) is 0 Å². The first-order valence-corrected chi connectivity index (χ1v) is 18.8. The number of piperazine rings is 1. The molecule has 0 bridgehead atoms. The molecule has 3 N–H and O–H groups in total. The van der Waals surface area contributed by atoms with Gasteiger partial charge in [0, 0.05) is 56.4 Å². The number of aromatic nitrogens is 2. The van der Waals surface area contributed by atoms with Crippen LogP contribution >= 0.6 is 0 Å². The highest BCUT2D eigenvalue weighted by Gasteiger charge is 2.44. The van der Waals surface area contributed by atoms with Crippen LogP contribution < -0.4 is 15.6 Å². The van der Waals surface area contributed by atoms with E-state index in [2.05, 4.69) is 32.2 Å². The Labute approximate surface area is 281 Å². The summed E-state index contributed by atoms with van der Waals surface area (Å²) in [5.41, 5.74) is 0.995. The van der Waals surface area contributed by atoms with Gasteiger partial charge in [-0.15, -0.1) is 6.58 Å². The van der Waals surface area contributed by atoms with Crippen molar-refractivity contribution in [3.8, 4) is 0 Å². The molecule has 2 atom stereocenters. The van der Waals surface area contributed by atoms with E-state index in [-0.39, 0.29) is 35.2 Å². The van der Waals surface area contributed by atoms with Gasteiger partial charge in [-0.05, 0) is 49.7 Å². The lowest BCUT2D eigenvalue weighted by atomic mass is 9.71. The fourth-order valence-electron chi connectivity index (χ4n) is 6.78. The standard InChI is InChI=1S/C35H52N7O4Si/c1-6-30(43)38-31(33(45)41-24-22-40(5)23-25-41)35(7-2,8-3)26-16-18-27(19-17-26)37-34(46)47(28-14-12-10-11-13-15-28)39-32(44)29-20-21-36-42(29)9-4/h7,16-21,28,31H,2,6,8-15,22-25H2,1,3-5H3,(H,37,46)(H,38,43)(H,39,44)/t31-,35+/m0/s1. The van der Waals surface area contributed by atoms with Crippen molar-refractivity contribution in [1.82, 2.24) is 29.9 Å². The van der Waals surface area contributed by atoms with Crippen LogP contribution in [0.2, 0.25) is 5.54 Å². The van der Waals surface area contributed by atoms with E-state index in [4.69, 9.17) is 0 Å². The first-order valence-electron chi connectivity index (χ1n) is 17.2. The molecule has 2 aliphatic rings. The van der Waals surface area contributed by atoms with Crippen molar-refractivity contribution in [1.29, 1.82) is 0 Å². The molecule has 4 amide bonds. The third-order valence-electron chi connectivity index (χ3n) is 9.84. The van der Waals surface area contributed by atoms with Gasteiger partial charge in [-0.2, -0.15) is 5.10 Å². The predicted octanol–water partition coefficient (Wildman–Crippen LogP) is 4.67. The summed E-state index contributed by atoms with van der Waals surface area (Å²) in [4.78, 5) is 61.2. The molecular weight excluding hydrogens is 611 g/mol. The van der Waals surface area contributed by atoms with Gasteiger partial charge in [0.2, 0.25) is 17.3 Å². The number of anilines is 1. The number of amides is 4. The van der Waals surface area contributed by atoms with Crippen LogP contribution in [0.4, 0.5) is 10.5 Å². The molecule has 1 saturated heterocycles. The summed E-state index contributed by atoms with van der Waals surface area (Å²) < 4.78 is 1.64. The van der Waals surface area contributed by atoms with Crippen molar-refractivity contribution in [2.24, 2.45) is 0 Å². The molecule has 12 heteroatoms. The lowest BCUT2D eigenvalue weighted by Crippen LogP contribution is -2.60. The fraction of sp³-hybridized carbons (Fsp3) is 0.571. The van der Waals surface area contributed by atoms with Crippen LogP contribution in [0.3, 0.4) is 0 Å². The Kier molecular flexibility index (Phi) is 12.9. The second kappa shape index (κ2) is 16.9. The van der Waals surface area contributed by atoms with Crippen LogP contribution in [0, 0.1) is 0 Å². The number of aryl methyl sites for hydroxylation is 1. The molecule has 1 aliphatic heterocycles. The zero-order chi connectivity index (χ0) is 34.0. The van der Waals surface area contributed by atoms with E-state index in [0.29, 0.717) is 37.4 Å². The number of carbonyl (C=O) groups is 4. The fourth-order valence-corrected chi connectivity index (χ4v) is 9.10. The van der Waals surface area contributed by atoms with Crippen molar-refractivity contribution in [3.63, 3.8) is 0 Å². The van der Waals surface area contributed by atoms with E-state index < -0.39 is 20.4 Å². The van der Waals surface area contributed by atoms with E-state index in [9.17, 15) is 19.2 Å². The summed E-state index contributed by atoms with van der Waals surface area (Å²) in [6.45, 7) is 13.1. The van der Waals surface area contributed by atoms with Gasteiger partial charge in [0.25, 0.3) is 14.9 Å². The molecule has 2 fully saturated rings. The van der Waals surface area contributed by atoms with Crippen molar-refractivity contribution in [3.05, 3.63) is 60.4 Å². The number of nitrogens with zero attached hydrogens (tertiary/aromatic N) is 4. The molecule has 0 spiro atoms. The van der Waals surface area contributed by atoms with Crippen molar-refractivity contribution < 1.29 is 19.2 Å². The topological polar surface area (TPSA) is 129 Å². The normalized spacial score (nSPS) is 18.1. The average Bonchev–Trinajstić information content (AvgIpc) is 3.42. The number of nitrogens with one attached hydrogen (secondary N) is 3. The van der Waals surface area contributed by atoms with E-state index >= 15 is 0 Å². The molecule has 4 rings (SSSR count). The third-order valence-corrected chi connectivity index (χ3v) is 12.3. The number of hydrogen-bond acceptors (Lipinski definition) is 6. The molecule has 1 saturated carbocycles. The zero-order valence-electron chi connectivity index (χ0n) is 28.5. The Morgan fingerprint density at radius 1 is 1.00 bits per heavy atom. The minimum Gasteiger partial charge on any atom is -0.368 e. The monoisotopic (exact) mass is 662 g/mol. The lowest BCUT2D eigenvalue weighted by Gasteiger charge is -2.42. The first kappa shape index (κ1) is 36.1. The maximum atomic E-state index is 14.0. The molecule has 1 aromatic carbocycles. The number of rotatable bonds is 13. The highest BCUT2D eigenvalue weighted by Crippen LogP contribution is 2.36. The molecule has 2 heterocycles. The molecule has 1 aromatic heterocycles. The second-order valence-electron chi connectivity index (χ2n) is 12.7. The van der Waals surface area contributed by atoms with Gasteiger partial charge in [-0.1, -0.05) is 70.6 Å². The molecule has 2 aromatic rings. The van der Waals surface area contributed by atoms with E-state index in [1.807, 2.05) is 50.1 Å². The zero-order valence-corrected chi connectivity index (χ0v) is 29.5. The summed E-state index contributed by atoms with van der Waals surface area (Å²) in [5.74, 6) is -0.579. The summed E-state index contributed by atoms with van der Waals surface area (Å²) in [7, 11) is 0.0328. The van der Waals surface area contributed by atoms with Gasteiger partial charge >= 0.3 is 0 Å². The van der Waals surface area contributed by atoms with E-state index in [1.54, 1.807) is 29.9 Å². The lowest BCUT2D eigenvalue weighted by molar-refractivity contribution is -0.139. The largest absolute Gasteiger partial charge is 0.368 e. The van der Waals surface area contributed by atoms with Crippen LogP contribution in [0.5, 0.6) is 0 Å². The predicted molar refractivity (Wildman–Crippen MR) is 186 cm³/mol. The van der Waals surface area contributed by atoms with Crippen LogP contribution in [0.15, 0.2) is 49.2 Å². The SMILES string of the molecule is C=C[C@@](CC)(c1ccc(NC(=O)[Si](NC(=O)c2ccnn2CC)C2CCCCCC2)cc1)[C@@H](NC(=O)CC)C(=O)N1CCN(C)CC1. The van der Waals surface area contributed by atoms with Gasteiger partial charge in [0.1, 0.15) is 11.7 Å². The highest BCUT2D eigenvalue weighted by molar-refractivity contribution is 6.92. The van der Waals surface area contributed by atoms with E-state index in [0.717, 1.165) is 57.2 Å². The molecule has 1 radical (unpaired) electrons. The molecule has 255 valence electrons. The number of carbonyl (C=O) groups excluding carboxylic acids is 4. The third kappa shape index (κ3) is 8.58. The van der Waals surface area contributed by atoms with Gasteiger partial charge in [0.05, 0.1) is 0 Å². The molecule has 0 unspecified atom stereocenters. The summed E-state index contributed by atoms with van der Waals surface area (Å²) in [6, 6.07) is 8.34. The first-order chi connectivity index (χ1) is 22.7. The van der Waals surface area contributed by atoms with Gasteiger partial charge < -0.3 is 25.4 Å². The van der Waals surface area contributed by atoms with Gasteiger partial charge in [-0.3, -0.25) is 23.9 Å². The minimum absolute atomic E-state index is 0.116. The Hall–Kier alpha value is -3.77. The van der Waals surface area contributed by atoms with Crippen LogP contribution in [-0.2, 0) is 21.5 Å². The Balaban J connectivity index is 1.58. The number of benzene rings is 1. The molecule has 47 heavy (non-hydrogen) atoms. The van der Waals surface area contributed by atoms with Crippen LogP contribution in [0.1, 0.15) is 88.2 Å². The Morgan fingerprint density at radius 3 is 2.23 bits per heavy atom. The number of likely N-dealkylation sites (N-methyl/N-ethyl adjacent to an activating group) is 1. The highest BCUT2D eigenvalue weighted by atomic mass is 28.3. The Morgan fingerprint density at radius 2 is 1.66 bits per heavy atom. The van der Waals surface area contributed by atoms with Crippen molar-refractivity contribution >= 4 is 37.9 Å². The second-order valence-corrected chi connectivity index (χ2v) is 15.0.